The van der Waals surface area contributed by atoms with Crippen molar-refractivity contribution in [2.75, 3.05) is 26.3 Å². The molecule has 0 spiro atoms. The zero-order valence-corrected chi connectivity index (χ0v) is 14.5. The van der Waals surface area contributed by atoms with Crippen LogP contribution in [0.15, 0.2) is 17.2 Å². The Morgan fingerprint density at radius 3 is 3.00 bits per heavy atom. The van der Waals surface area contributed by atoms with Gasteiger partial charge in [-0.05, 0) is 20.3 Å². The second kappa shape index (κ2) is 7.60. The maximum absolute atomic E-state index is 12.7. The van der Waals surface area contributed by atoms with Gasteiger partial charge < -0.3 is 14.6 Å². The first-order valence-corrected chi connectivity index (χ1v) is 8.42. The van der Waals surface area contributed by atoms with Gasteiger partial charge in [0.1, 0.15) is 0 Å². The summed E-state index contributed by atoms with van der Waals surface area (Å²) in [4.78, 5) is 32.7. The average Bonchev–Trinajstić information content (AvgIpc) is 2.78. The highest BCUT2D eigenvalue weighted by Gasteiger charge is 2.24. The number of aryl methyl sites for hydroxylation is 2. The second-order valence-corrected chi connectivity index (χ2v) is 6.48. The molecule has 0 bridgehead atoms. The number of amides is 1. The van der Waals surface area contributed by atoms with Gasteiger partial charge in [0.15, 0.2) is 0 Å². The van der Waals surface area contributed by atoms with E-state index in [0.717, 1.165) is 17.0 Å². The Morgan fingerprint density at radius 1 is 1.44 bits per heavy atom. The SMILES string of the molecule is Cc1n[nH]c(C)c1CC(=O)N1CCOC[C@H](Cc2cc(=O)[nH]cn2)C1. The van der Waals surface area contributed by atoms with Crippen LogP contribution in [0.1, 0.15) is 22.6 Å². The molecule has 1 atom stereocenters. The molecule has 8 heteroatoms. The van der Waals surface area contributed by atoms with Gasteiger partial charge in [-0.3, -0.25) is 14.7 Å². The summed E-state index contributed by atoms with van der Waals surface area (Å²) in [6.07, 6.45) is 2.35. The van der Waals surface area contributed by atoms with Crippen molar-refractivity contribution < 1.29 is 9.53 Å². The molecule has 1 aliphatic heterocycles. The first kappa shape index (κ1) is 17.3. The second-order valence-electron chi connectivity index (χ2n) is 6.48. The van der Waals surface area contributed by atoms with Crippen LogP contribution in [0.4, 0.5) is 0 Å². The highest BCUT2D eigenvalue weighted by atomic mass is 16.5. The van der Waals surface area contributed by atoms with Crippen molar-refractivity contribution in [2.24, 2.45) is 5.92 Å². The summed E-state index contributed by atoms with van der Waals surface area (Å²) in [5, 5.41) is 7.07. The lowest BCUT2D eigenvalue weighted by Crippen LogP contribution is -2.37. The van der Waals surface area contributed by atoms with Crippen LogP contribution in [-0.4, -0.2) is 57.3 Å². The van der Waals surface area contributed by atoms with Gasteiger partial charge in [0.2, 0.25) is 5.91 Å². The van der Waals surface area contributed by atoms with Gasteiger partial charge in [0.05, 0.1) is 31.7 Å². The third kappa shape index (κ3) is 4.33. The van der Waals surface area contributed by atoms with E-state index in [2.05, 4.69) is 20.2 Å². The Bertz CT molecular complexity index is 778. The lowest BCUT2D eigenvalue weighted by molar-refractivity contribution is -0.130. The molecule has 1 fully saturated rings. The number of nitrogens with one attached hydrogen (secondary N) is 2. The molecule has 0 aromatic carbocycles. The molecule has 1 aliphatic rings. The van der Waals surface area contributed by atoms with Gasteiger partial charge in [-0.1, -0.05) is 0 Å². The van der Waals surface area contributed by atoms with Crippen LogP contribution in [0.5, 0.6) is 0 Å². The number of H-pyrrole nitrogens is 2. The maximum Gasteiger partial charge on any atom is 0.250 e. The summed E-state index contributed by atoms with van der Waals surface area (Å²) < 4.78 is 5.65. The lowest BCUT2D eigenvalue weighted by Gasteiger charge is -2.23. The maximum atomic E-state index is 12.7. The number of ether oxygens (including phenoxy) is 1. The first-order valence-electron chi connectivity index (χ1n) is 8.42. The van der Waals surface area contributed by atoms with E-state index in [1.54, 1.807) is 0 Å². The molecule has 2 aromatic rings. The molecule has 134 valence electrons. The molecule has 2 N–H and O–H groups in total. The molecule has 25 heavy (non-hydrogen) atoms. The van der Waals surface area contributed by atoms with Crippen molar-refractivity contribution >= 4 is 5.91 Å². The molecule has 8 nitrogen and oxygen atoms in total. The van der Waals surface area contributed by atoms with E-state index >= 15 is 0 Å². The van der Waals surface area contributed by atoms with Gasteiger partial charge in [0.25, 0.3) is 5.56 Å². The standard InChI is InChI=1S/C17H23N5O3/c1-11-15(12(2)21-20-11)7-17(24)22-3-4-25-9-13(8-22)5-14-6-16(23)19-10-18-14/h6,10,13H,3-5,7-9H2,1-2H3,(H,20,21)(H,18,19,23)/t13-/m1/s1. The molecule has 0 saturated carbocycles. The van der Waals surface area contributed by atoms with Crippen LogP contribution >= 0.6 is 0 Å². The number of rotatable bonds is 4. The number of aromatic amines is 2. The fourth-order valence-corrected chi connectivity index (χ4v) is 3.14. The minimum Gasteiger partial charge on any atom is -0.379 e. The molecule has 0 aliphatic carbocycles. The molecule has 1 saturated heterocycles. The van der Waals surface area contributed by atoms with E-state index in [0.29, 0.717) is 44.8 Å². The van der Waals surface area contributed by atoms with Crippen LogP contribution in [0.25, 0.3) is 0 Å². The zero-order chi connectivity index (χ0) is 17.8. The van der Waals surface area contributed by atoms with Gasteiger partial charge in [0, 0.05) is 42.0 Å². The Labute approximate surface area is 145 Å². The lowest BCUT2D eigenvalue weighted by atomic mass is 10.0. The molecular formula is C17H23N5O3. The number of carbonyl (C=O) groups is 1. The molecule has 0 unspecified atom stereocenters. The quantitative estimate of drug-likeness (QED) is 0.833. The summed E-state index contributed by atoms with van der Waals surface area (Å²) >= 11 is 0. The predicted octanol–water partition coefficient (Wildman–Crippen LogP) is 0.370. The topological polar surface area (TPSA) is 104 Å². The number of carbonyl (C=O) groups excluding carboxylic acids is 1. The smallest absolute Gasteiger partial charge is 0.250 e. The molecule has 3 heterocycles. The molecular weight excluding hydrogens is 322 g/mol. The van der Waals surface area contributed by atoms with Crippen molar-refractivity contribution in [1.82, 2.24) is 25.1 Å². The normalized spacial score (nSPS) is 18.2. The van der Waals surface area contributed by atoms with Crippen molar-refractivity contribution in [3.8, 4) is 0 Å². The van der Waals surface area contributed by atoms with E-state index in [-0.39, 0.29) is 17.4 Å². The van der Waals surface area contributed by atoms with Crippen LogP contribution in [-0.2, 0) is 22.4 Å². The van der Waals surface area contributed by atoms with E-state index in [9.17, 15) is 9.59 Å². The van der Waals surface area contributed by atoms with Gasteiger partial charge >= 0.3 is 0 Å². The number of aromatic nitrogens is 4. The fraction of sp³-hybridized carbons (Fsp3) is 0.529. The van der Waals surface area contributed by atoms with E-state index in [1.165, 1.54) is 12.4 Å². The summed E-state index contributed by atoms with van der Waals surface area (Å²) in [6.45, 7) is 6.09. The summed E-state index contributed by atoms with van der Waals surface area (Å²) in [6, 6.07) is 1.50. The summed E-state index contributed by atoms with van der Waals surface area (Å²) in [5.41, 5.74) is 3.30. The number of nitrogens with zero attached hydrogens (tertiary/aromatic N) is 3. The highest BCUT2D eigenvalue weighted by molar-refractivity contribution is 5.79. The average molecular weight is 345 g/mol. The van der Waals surface area contributed by atoms with Crippen LogP contribution < -0.4 is 5.56 Å². The Kier molecular flexibility index (Phi) is 5.28. The predicted molar refractivity (Wildman–Crippen MR) is 91.2 cm³/mol. The van der Waals surface area contributed by atoms with E-state index < -0.39 is 0 Å². The molecule has 1 amide bonds. The highest BCUT2D eigenvalue weighted by Crippen LogP contribution is 2.15. The van der Waals surface area contributed by atoms with Crippen molar-refractivity contribution in [2.45, 2.75) is 26.7 Å². The van der Waals surface area contributed by atoms with Crippen LogP contribution in [0, 0.1) is 19.8 Å². The van der Waals surface area contributed by atoms with Gasteiger partial charge in [-0.2, -0.15) is 5.10 Å². The zero-order valence-electron chi connectivity index (χ0n) is 14.5. The van der Waals surface area contributed by atoms with Crippen molar-refractivity contribution in [3.63, 3.8) is 0 Å². The van der Waals surface area contributed by atoms with Crippen molar-refractivity contribution in [1.29, 1.82) is 0 Å². The monoisotopic (exact) mass is 345 g/mol. The summed E-state index contributed by atoms with van der Waals surface area (Å²) in [5.74, 6) is 0.189. The molecule has 2 aromatic heterocycles. The Balaban J connectivity index is 1.67. The molecule has 0 radical (unpaired) electrons. The Hall–Kier alpha value is -2.48. The van der Waals surface area contributed by atoms with Gasteiger partial charge in [-0.25, -0.2) is 4.98 Å². The molecule has 3 rings (SSSR count). The van der Waals surface area contributed by atoms with Crippen LogP contribution in [0.3, 0.4) is 0 Å². The van der Waals surface area contributed by atoms with E-state index in [4.69, 9.17) is 4.74 Å². The van der Waals surface area contributed by atoms with Crippen LogP contribution in [0.2, 0.25) is 0 Å². The third-order valence-corrected chi connectivity index (χ3v) is 4.53. The first-order chi connectivity index (χ1) is 12.0. The fourth-order valence-electron chi connectivity index (χ4n) is 3.14. The summed E-state index contributed by atoms with van der Waals surface area (Å²) in [7, 11) is 0. The largest absolute Gasteiger partial charge is 0.379 e. The number of hydrogen-bond acceptors (Lipinski definition) is 5. The minimum absolute atomic E-state index is 0.0713. The van der Waals surface area contributed by atoms with Crippen molar-refractivity contribution in [3.05, 3.63) is 45.4 Å². The van der Waals surface area contributed by atoms with E-state index in [1.807, 2.05) is 18.7 Å². The van der Waals surface area contributed by atoms with Gasteiger partial charge in [-0.15, -0.1) is 0 Å². The number of hydrogen-bond donors (Lipinski definition) is 2. The minimum atomic E-state index is -0.168. The Morgan fingerprint density at radius 2 is 2.28 bits per heavy atom. The third-order valence-electron chi connectivity index (χ3n) is 4.53.